The number of rotatable bonds is 5. The first-order chi connectivity index (χ1) is 12.9. The number of hydrogen-bond donors (Lipinski definition) is 2. The van der Waals surface area contributed by atoms with Crippen LogP contribution in [0.3, 0.4) is 0 Å². The SMILES string of the molecule is C[C@@H]1[C@H](C)CCC[C@H]1NC(=O)CSc1nnc(-c2ccc(Cl)cc2Cl)n1N. The minimum Gasteiger partial charge on any atom is -0.352 e. The second-order valence-electron chi connectivity index (χ2n) is 7.03. The molecule has 1 heterocycles. The van der Waals surface area contributed by atoms with Gasteiger partial charge in [0.05, 0.1) is 10.8 Å². The van der Waals surface area contributed by atoms with Gasteiger partial charge in [-0.15, -0.1) is 10.2 Å². The fourth-order valence-electron chi connectivity index (χ4n) is 3.39. The minimum atomic E-state index is -0.0139. The third-order valence-corrected chi connectivity index (χ3v) is 6.71. The smallest absolute Gasteiger partial charge is 0.230 e. The number of nitrogen functional groups attached to an aromatic ring is 1. The van der Waals surface area contributed by atoms with Gasteiger partial charge >= 0.3 is 0 Å². The molecule has 1 aromatic carbocycles. The molecule has 6 nitrogen and oxygen atoms in total. The van der Waals surface area contributed by atoms with E-state index in [4.69, 9.17) is 29.0 Å². The van der Waals surface area contributed by atoms with Gasteiger partial charge in [0.25, 0.3) is 0 Å². The third kappa shape index (κ3) is 4.70. The number of aromatic nitrogens is 3. The summed E-state index contributed by atoms with van der Waals surface area (Å²) in [5.41, 5.74) is 0.636. The number of nitrogens with zero attached hydrogens (tertiary/aromatic N) is 3. The molecule has 1 aliphatic carbocycles. The van der Waals surface area contributed by atoms with Crippen LogP contribution in [-0.2, 0) is 4.79 Å². The van der Waals surface area contributed by atoms with Crippen molar-refractivity contribution in [3.63, 3.8) is 0 Å². The van der Waals surface area contributed by atoms with Gasteiger partial charge in [0.2, 0.25) is 11.1 Å². The van der Waals surface area contributed by atoms with Gasteiger partial charge in [-0.05, 0) is 36.5 Å². The number of nitrogens with one attached hydrogen (secondary N) is 1. The van der Waals surface area contributed by atoms with E-state index >= 15 is 0 Å². The van der Waals surface area contributed by atoms with Crippen molar-refractivity contribution in [2.24, 2.45) is 11.8 Å². The zero-order valence-corrected chi connectivity index (χ0v) is 17.6. The van der Waals surface area contributed by atoms with Crippen LogP contribution < -0.4 is 11.2 Å². The van der Waals surface area contributed by atoms with Crippen LogP contribution in [-0.4, -0.2) is 32.6 Å². The van der Waals surface area contributed by atoms with Gasteiger partial charge in [-0.1, -0.05) is 61.7 Å². The Hall–Kier alpha value is -1.44. The van der Waals surface area contributed by atoms with Gasteiger partial charge in [0.15, 0.2) is 5.82 Å². The Morgan fingerprint density at radius 2 is 2.11 bits per heavy atom. The predicted octanol–water partition coefficient (Wildman–Crippen LogP) is 4.00. The molecule has 1 aromatic heterocycles. The van der Waals surface area contributed by atoms with Crippen LogP contribution in [0, 0.1) is 11.8 Å². The highest BCUT2D eigenvalue weighted by molar-refractivity contribution is 7.99. The van der Waals surface area contributed by atoms with E-state index in [1.54, 1.807) is 18.2 Å². The molecule has 0 aliphatic heterocycles. The van der Waals surface area contributed by atoms with Gasteiger partial charge in [-0.25, -0.2) is 4.68 Å². The molecule has 146 valence electrons. The molecule has 3 rings (SSSR count). The minimum absolute atomic E-state index is 0.0139. The summed E-state index contributed by atoms with van der Waals surface area (Å²) in [7, 11) is 0. The summed E-state index contributed by atoms with van der Waals surface area (Å²) in [6.07, 6.45) is 3.43. The number of hydrogen-bond acceptors (Lipinski definition) is 5. The summed E-state index contributed by atoms with van der Waals surface area (Å²) in [5.74, 6) is 7.87. The molecule has 1 saturated carbocycles. The Kier molecular flexibility index (Phi) is 6.55. The van der Waals surface area contributed by atoms with Crippen LogP contribution in [0.4, 0.5) is 0 Å². The van der Waals surface area contributed by atoms with Gasteiger partial charge in [-0.3, -0.25) is 4.79 Å². The van der Waals surface area contributed by atoms with E-state index in [9.17, 15) is 4.79 Å². The highest BCUT2D eigenvalue weighted by Gasteiger charge is 2.28. The molecule has 0 radical (unpaired) electrons. The monoisotopic (exact) mass is 427 g/mol. The lowest BCUT2D eigenvalue weighted by atomic mass is 9.78. The highest BCUT2D eigenvalue weighted by Crippen LogP contribution is 2.31. The van der Waals surface area contributed by atoms with Crippen LogP contribution in [0.1, 0.15) is 33.1 Å². The molecule has 27 heavy (non-hydrogen) atoms. The van der Waals surface area contributed by atoms with Crippen molar-refractivity contribution in [3.05, 3.63) is 28.2 Å². The average molecular weight is 428 g/mol. The second kappa shape index (κ2) is 8.71. The molecule has 2 aromatic rings. The van der Waals surface area contributed by atoms with Gasteiger partial charge in [0.1, 0.15) is 0 Å². The van der Waals surface area contributed by atoms with Crippen molar-refractivity contribution in [1.82, 2.24) is 20.2 Å². The zero-order chi connectivity index (χ0) is 19.6. The zero-order valence-electron chi connectivity index (χ0n) is 15.3. The molecule has 0 saturated heterocycles. The summed E-state index contributed by atoms with van der Waals surface area (Å²) in [4.78, 5) is 12.4. The van der Waals surface area contributed by atoms with Gasteiger partial charge in [-0.2, -0.15) is 0 Å². The number of benzene rings is 1. The molecule has 1 amide bonds. The molecule has 3 N–H and O–H groups in total. The van der Waals surface area contributed by atoms with Crippen molar-refractivity contribution in [1.29, 1.82) is 0 Å². The highest BCUT2D eigenvalue weighted by atomic mass is 35.5. The fraction of sp³-hybridized carbons (Fsp3) is 0.500. The molecule has 1 aliphatic rings. The Balaban J connectivity index is 1.62. The van der Waals surface area contributed by atoms with Crippen LogP contribution in [0.15, 0.2) is 23.4 Å². The van der Waals surface area contributed by atoms with Crippen molar-refractivity contribution < 1.29 is 4.79 Å². The van der Waals surface area contributed by atoms with E-state index in [1.807, 2.05) is 0 Å². The van der Waals surface area contributed by atoms with E-state index in [2.05, 4.69) is 29.4 Å². The lowest BCUT2D eigenvalue weighted by molar-refractivity contribution is -0.120. The molecule has 0 spiro atoms. The number of halogens is 2. The topological polar surface area (TPSA) is 85.8 Å². The number of carbonyl (C=O) groups is 1. The first-order valence-corrected chi connectivity index (χ1v) is 10.7. The Labute approximate surface area is 173 Å². The molecule has 0 bridgehead atoms. The van der Waals surface area contributed by atoms with E-state index in [-0.39, 0.29) is 17.7 Å². The molecule has 9 heteroatoms. The van der Waals surface area contributed by atoms with Gasteiger partial charge in [0, 0.05) is 16.6 Å². The number of amides is 1. The van der Waals surface area contributed by atoms with E-state index in [0.717, 1.165) is 12.8 Å². The Morgan fingerprint density at radius 1 is 1.33 bits per heavy atom. The van der Waals surface area contributed by atoms with E-state index in [0.29, 0.717) is 38.4 Å². The maximum absolute atomic E-state index is 12.4. The molecule has 1 fully saturated rings. The molecular formula is C18H23Cl2N5OS. The lowest BCUT2D eigenvalue weighted by Gasteiger charge is -2.34. The number of carbonyl (C=O) groups excluding carboxylic acids is 1. The maximum atomic E-state index is 12.4. The summed E-state index contributed by atoms with van der Waals surface area (Å²) >= 11 is 13.4. The van der Waals surface area contributed by atoms with Crippen molar-refractivity contribution >= 4 is 40.9 Å². The fourth-order valence-corrected chi connectivity index (χ4v) is 4.55. The molecule has 3 atom stereocenters. The number of thioether (sulfide) groups is 1. The van der Waals surface area contributed by atoms with E-state index in [1.165, 1.54) is 22.9 Å². The third-order valence-electron chi connectivity index (χ3n) is 5.22. The number of nitrogens with two attached hydrogens (primary N) is 1. The average Bonchev–Trinajstić information content (AvgIpc) is 2.98. The maximum Gasteiger partial charge on any atom is 0.230 e. The van der Waals surface area contributed by atoms with Crippen LogP contribution in [0.5, 0.6) is 0 Å². The normalized spacial score (nSPS) is 22.6. The van der Waals surface area contributed by atoms with Crippen LogP contribution in [0.25, 0.3) is 11.4 Å². The lowest BCUT2D eigenvalue weighted by Crippen LogP contribution is -2.44. The first kappa shape index (κ1) is 20.3. The first-order valence-electron chi connectivity index (χ1n) is 8.95. The molecular weight excluding hydrogens is 405 g/mol. The quantitative estimate of drug-likeness (QED) is 0.556. The summed E-state index contributed by atoms with van der Waals surface area (Å²) < 4.78 is 1.35. The summed E-state index contributed by atoms with van der Waals surface area (Å²) in [5, 5.41) is 12.8. The molecule has 0 unspecified atom stereocenters. The summed E-state index contributed by atoms with van der Waals surface area (Å²) in [6, 6.07) is 5.32. The Morgan fingerprint density at radius 3 is 2.85 bits per heavy atom. The van der Waals surface area contributed by atoms with Crippen LogP contribution in [0.2, 0.25) is 10.0 Å². The summed E-state index contributed by atoms with van der Waals surface area (Å²) in [6.45, 7) is 4.46. The Bertz CT molecular complexity index is 828. The van der Waals surface area contributed by atoms with Crippen molar-refractivity contribution in [3.8, 4) is 11.4 Å². The van der Waals surface area contributed by atoms with Gasteiger partial charge < -0.3 is 11.2 Å². The van der Waals surface area contributed by atoms with Crippen molar-refractivity contribution in [2.75, 3.05) is 11.6 Å². The van der Waals surface area contributed by atoms with Crippen molar-refractivity contribution in [2.45, 2.75) is 44.3 Å². The largest absolute Gasteiger partial charge is 0.352 e. The second-order valence-corrected chi connectivity index (χ2v) is 8.82. The standard InChI is InChI=1S/C18H23Cl2N5OS/c1-10-4-3-5-15(11(10)2)22-16(26)9-27-18-24-23-17(25(18)21)13-7-6-12(19)8-14(13)20/h6-8,10-11,15H,3-5,9,21H2,1-2H3,(H,22,26)/t10-,11-,15-/m1/s1. The van der Waals surface area contributed by atoms with E-state index < -0.39 is 0 Å². The predicted molar refractivity (Wildman–Crippen MR) is 110 cm³/mol. The van der Waals surface area contributed by atoms with Crippen LogP contribution >= 0.6 is 35.0 Å².